The Morgan fingerprint density at radius 1 is 1.30 bits per heavy atom. The number of nitrogens with one attached hydrogen (secondary N) is 2. The highest BCUT2D eigenvalue weighted by atomic mass is 32.1. The number of nitrogens with two attached hydrogens (primary N) is 2. The van der Waals surface area contributed by atoms with Gasteiger partial charge in [0, 0.05) is 29.4 Å². The molecule has 0 bridgehead atoms. The fourth-order valence-corrected chi connectivity index (χ4v) is 4.03. The molecule has 1 unspecified atom stereocenters. The van der Waals surface area contributed by atoms with Gasteiger partial charge in [-0.15, -0.1) is 11.3 Å². The second-order valence-corrected chi connectivity index (χ2v) is 7.30. The molecule has 27 heavy (non-hydrogen) atoms. The zero-order valence-electron chi connectivity index (χ0n) is 14.6. The first-order valence-electron chi connectivity index (χ1n) is 8.53. The Balaban J connectivity index is 1.80. The van der Waals surface area contributed by atoms with Crippen LogP contribution in [0.1, 0.15) is 29.6 Å². The fraction of sp³-hybridized carbons (Fsp3) is 0.353. The Labute approximate surface area is 159 Å². The number of amides is 4. The summed E-state index contributed by atoms with van der Waals surface area (Å²) in [5.74, 6) is -0.576. The number of carbonyl (C=O) groups is 3. The summed E-state index contributed by atoms with van der Waals surface area (Å²) in [7, 11) is 0. The van der Waals surface area contributed by atoms with Gasteiger partial charge in [-0.2, -0.15) is 0 Å². The van der Waals surface area contributed by atoms with Crippen molar-refractivity contribution in [2.24, 2.45) is 11.5 Å². The van der Waals surface area contributed by atoms with E-state index in [0.29, 0.717) is 18.0 Å². The number of anilines is 1. The number of thiophene rings is 1. The van der Waals surface area contributed by atoms with Crippen LogP contribution in [-0.2, 0) is 4.74 Å². The zero-order chi connectivity index (χ0) is 19.4. The molecule has 1 aliphatic rings. The fourth-order valence-electron chi connectivity index (χ4n) is 2.98. The smallest absolute Gasteiger partial charge is 0.341 e. The summed E-state index contributed by atoms with van der Waals surface area (Å²) in [5.41, 5.74) is 11.7. The number of rotatable bonds is 4. The van der Waals surface area contributed by atoms with Crippen LogP contribution in [-0.4, -0.2) is 47.1 Å². The highest BCUT2D eigenvalue weighted by Crippen LogP contribution is 2.36. The van der Waals surface area contributed by atoms with Crippen LogP contribution in [0.5, 0.6) is 0 Å². The molecule has 0 spiro atoms. The number of H-pyrrole nitrogens is 1. The van der Waals surface area contributed by atoms with E-state index in [-0.39, 0.29) is 12.1 Å². The van der Waals surface area contributed by atoms with Crippen molar-refractivity contribution in [3.8, 4) is 10.4 Å². The Morgan fingerprint density at radius 2 is 2.11 bits per heavy atom. The number of carbonyl (C=O) groups excluding carboxylic acids is 3. The summed E-state index contributed by atoms with van der Waals surface area (Å²) in [4.78, 5) is 40.7. The first-order chi connectivity index (χ1) is 12.9. The number of hydrogen-bond acceptors (Lipinski definition) is 5. The zero-order valence-corrected chi connectivity index (χ0v) is 15.4. The predicted octanol–water partition coefficient (Wildman–Crippen LogP) is 2.32. The van der Waals surface area contributed by atoms with Crippen molar-refractivity contribution >= 4 is 34.4 Å². The summed E-state index contributed by atoms with van der Waals surface area (Å²) in [6, 6.07) is 2.22. The topological polar surface area (TPSA) is 144 Å². The van der Waals surface area contributed by atoms with Gasteiger partial charge >= 0.3 is 18.0 Å². The highest BCUT2D eigenvalue weighted by molar-refractivity contribution is 7.20. The van der Waals surface area contributed by atoms with E-state index in [0.717, 1.165) is 23.3 Å². The average molecular weight is 391 g/mol. The third kappa shape index (κ3) is 4.59. The summed E-state index contributed by atoms with van der Waals surface area (Å²) >= 11 is 1.23. The Morgan fingerprint density at radius 3 is 2.78 bits per heavy atom. The van der Waals surface area contributed by atoms with E-state index in [1.165, 1.54) is 16.2 Å². The van der Waals surface area contributed by atoms with Crippen LogP contribution in [0.25, 0.3) is 10.4 Å². The maximum Gasteiger partial charge on any atom is 0.341 e. The van der Waals surface area contributed by atoms with Crippen LogP contribution in [0.15, 0.2) is 24.5 Å². The molecule has 0 aromatic carbocycles. The summed E-state index contributed by atoms with van der Waals surface area (Å²) in [6.45, 7) is 0.808. The molecule has 144 valence electrons. The molecule has 10 heteroatoms. The number of esters is 1. The van der Waals surface area contributed by atoms with E-state index in [1.54, 1.807) is 18.5 Å². The number of aromatic amines is 1. The van der Waals surface area contributed by atoms with Crippen molar-refractivity contribution in [1.82, 2.24) is 9.88 Å². The van der Waals surface area contributed by atoms with Crippen LogP contribution >= 0.6 is 11.3 Å². The molecule has 3 rings (SSSR count). The Kier molecular flexibility index (Phi) is 5.65. The minimum Gasteiger partial charge on any atom is -0.457 e. The summed E-state index contributed by atoms with van der Waals surface area (Å²) in [5, 5.41) is 2.80. The van der Waals surface area contributed by atoms with Crippen LogP contribution < -0.4 is 16.8 Å². The summed E-state index contributed by atoms with van der Waals surface area (Å²) < 4.78 is 5.61. The van der Waals surface area contributed by atoms with E-state index >= 15 is 0 Å². The molecule has 1 atom stereocenters. The minimum atomic E-state index is -0.763. The van der Waals surface area contributed by atoms with Gasteiger partial charge in [-0.1, -0.05) is 0 Å². The first-order valence-corrected chi connectivity index (χ1v) is 9.34. The quantitative estimate of drug-likeness (QED) is 0.593. The van der Waals surface area contributed by atoms with Gasteiger partial charge in [-0.3, -0.25) is 5.32 Å². The van der Waals surface area contributed by atoms with E-state index < -0.39 is 24.1 Å². The first kappa shape index (κ1) is 18.8. The average Bonchev–Trinajstić information content (AvgIpc) is 3.20. The van der Waals surface area contributed by atoms with E-state index in [9.17, 15) is 14.4 Å². The van der Waals surface area contributed by atoms with E-state index in [4.69, 9.17) is 16.2 Å². The molecular weight excluding hydrogens is 370 g/mol. The monoisotopic (exact) mass is 391 g/mol. The van der Waals surface area contributed by atoms with Crippen molar-refractivity contribution < 1.29 is 19.1 Å². The molecule has 1 fully saturated rings. The predicted molar refractivity (Wildman–Crippen MR) is 102 cm³/mol. The second-order valence-electron chi connectivity index (χ2n) is 6.25. The van der Waals surface area contributed by atoms with Crippen molar-refractivity contribution in [2.75, 3.05) is 18.4 Å². The van der Waals surface area contributed by atoms with E-state index in [1.807, 2.05) is 6.07 Å². The van der Waals surface area contributed by atoms with E-state index in [2.05, 4.69) is 10.3 Å². The number of primary amides is 2. The number of ether oxygens (including phenoxy) is 1. The minimum absolute atomic E-state index is 0.227. The molecule has 2 aromatic heterocycles. The molecule has 3 heterocycles. The normalized spacial score (nSPS) is 17.2. The highest BCUT2D eigenvalue weighted by Gasteiger charge is 2.26. The largest absolute Gasteiger partial charge is 0.457 e. The molecule has 0 saturated carbocycles. The third-order valence-electron chi connectivity index (χ3n) is 4.28. The number of likely N-dealkylation sites (tertiary alicyclic amines) is 1. The standard InChI is InChI=1S/C17H21N5O4S/c18-16(24)21-14-12(7-13(27-14)10-4-5-20-8-10)15(23)26-11-3-1-2-6-22(9-11)17(19)25/h4-5,7-8,11,20H,1-3,6,9H2,(H2,19,25)(H3,18,21,24). The van der Waals surface area contributed by atoms with Crippen LogP contribution in [0.2, 0.25) is 0 Å². The Hall–Kier alpha value is -3.01. The number of nitrogens with zero attached hydrogens (tertiary/aromatic N) is 1. The lowest BCUT2D eigenvalue weighted by Crippen LogP contribution is -2.41. The van der Waals surface area contributed by atoms with Gasteiger partial charge in [0.1, 0.15) is 11.1 Å². The lowest BCUT2D eigenvalue weighted by atomic mass is 10.2. The number of aromatic nitrogens is 1. The van der Waals surface area contributed by atoms with Gasteiger partial charge in [-0.05, 0) is 31.4 Å². The second kappa shape index (κ2) is 8.12. The molecule has 0 aliphatic carbocycles. The molecule has 0 radical (unpaired) electrons. The lowest BCUT2D eigenvalue weighted by Gasteiger charge is -2.22. The molecule has 1 saturated heterocycles. The van der Waals surface area contributed by atoms with Crippen LogP contribution in [0, 0.1) is 0 Å². The van der Waals surface area contributed by atoms with Crippen LogP contribution in [0.4, 0.5) is 14.6 Å². The lowest BCUT2D eigenvalue weighted by molar-refractivity contribution is 0.0242. The van der Waals surface area contributed by atoms with Gasteiger partial charge in [-0.25, -0.2) is 14.4 Å². The van der Waals surface area contributed by atoms with Crippen molar-refractivity contribution in [3.05, 3.63) is 30.1 Å². The molecule has 2 aromatic rings. The van der Waals surface area contributed by atoms with Crippen molar-refractivity contribution in [2.45, 2.75) is 25.4 Å². The van der Waals surface area contributed by atoms with Crippen molar-refractivity contribution in [1.29, 1.82) is 0 Å². The summed E-state index contributed by atoms with van der Waals surface area (Å²) in [6.07, 6.45) is 5.37. The SMILES string of the molecule is NC(=O)Nc1sc(-c2cc[nH]c2)cc1C(=O)OC1CCCCN(C(N)=O)C1. The molecule has 1 aliphatic heterocycles. The molecule has 6 N–H and O–H groups in total. The maximum absolute atomic E-state index is 12.7. The Bertz CT molecular complexity index is 833. The molecule has 9 nitrogen and oxygen atoms in total. The van der Waals surface area contributed by atoms with Crippen LogP contribution in [0.3, 0.4) is 0 Å². The van der Waals surface area contributed by atoms with Crippen molar-refractivity contribution in [3.63, 3.8) is 0 Å². The third-order valence-corrected chi connectivity index (χ3v) is 5.38. The van der Waals surface area contributed by atoms with Gasteiger partial charge in [0.05, 0.1) is 12.1 Å². The molecule has 4 amide bonds. The van der Waals surface area contributed by atoms with Gasteiger partial charge in [0.25, 0.3) is 0 Å². The number of urea groups is 2. The molecular formula is C17H21N5O4S. The van der Waals surface area contributed by atoms with Gasteiger partial charge in [0.2, 0.25) is 0 Å². The maximum atomic E-state index is 12.7. The number of hydrogen-bond donors (Lipinski definition) is 4. The van der Waals surface area contributed by atoms with Gasteiger partial charge in [0.15, 0.2) is 0 Å². The van der Waals surface area contributed by atoms with Gasteiger partial charge < -0.3 is 26.1 Å².